The van der Waals surface area contributed by atoms with Gasteiger partial charge in [0, 0.05) is 16.5 Å². The van der Waals surface area contributed by atoms with E-state index in [0.717, 1.165) is 22.0 Å². The van der Waals surface area contributed by atoms with E-state index in [1.165, 1.54) is 0 Å². The fourth-order valence-corrected chi connectivity index (χ4v) is 2.88. The minimum atomic E-state index is -0.280. The quantitative estimate of drug-likeness (QED) is 0.824. The first-order valence-electron chi connectivity index (χ1n) is 6.64. The van der Waals surface area contributed by atoms with Crippen LogP contribution in [0.25, 0.3) is 0 Å². The molecule has 0 bridgehead atoms. The van der Waals surface area contributed by atoms with Gasteiger partial charge < -0.3 is 5.32 Å². The number of amides is 2. The van der Waals surface area contributed by atoms with Gasteiger partial charge in [-0.3, -0.25) is 5.32 Å². The third kappa shape index (κ3) is 4.44. The molecule has 5 nitrogen and oxygen atoms in total. The number of aromatic nitrogens is 2. The van der Waals surface area contributed by atoms with Gasteiger partial charge in [-0.2, -0.15) is 0 Å². The highest BCUT2D eigenvalue weighted by molar-refractivity contribution is 7.98. The Balaban J connectivity index is 1.91. The molecule has 0 unspecified atom stereocenters. The Morgan fingerprint density at radius 2 is 2.29 bits per heavy atom. The van der Waals surface area contributed by atoms with Crippen molar-refractivity contribution in [3.05, 3.63) is 34.4 Å². The first-order chi connectivity index (χ1) is 10.1. The van der Waals surface area contributed by atoms with E-state index in [-0.39, 0.29) is 12.1 Å². The van der Waals surface area contributed by atoms with Crippen LogP contribution in [0.1, 0.15) is 30.6 Å². The number of hydrogen-bond donors (Lipinski definition) is 2. The van der Waals surface area contributed by atoms with Crippen molar-refractivity contribution >= 4 is 34.9 Å². The molecule has 2 N–H and O–H groups in total. The number of anilines is 1. The number of thioether (sulfide) groups is 1. The summed E-state index contributed by atoms with van der Waals surface area (Å²) < 4.78 is 0. The number of hydrogen-bond acceptors (Lipinski definition) is 5. The Morgan fingerprint density at radius 3 is 2.86 bits per heavy atom. The smallest absolute Gasteiger partial charge is 0.320 e. The van der Waals surface area contributed by atoms with Crippen molar-refractivity contribution in [2.24, 2.45) is 0 Å². The number of thiazole rings is 1. The summed E-state index contributed by atoms with van der Waals surface area (Å²) in [7, 11) is 0. The van der Waals surface area contributed by atoms with Gasteiger partial charge in [0.2, 0.25) is 0 Å². The number of urea groups is 1. The maximum Gasteiger partial charge on any atom is 0.320 e. The lowest BCUT2D eigenvalue weighted by atomic mass is 10.3. The SMILES string of the molecule is CCc1nc([C@H](C)NC(=O)Nc2ccc(SC)cn2)cs1. The Hall–Kier alpha value is -1.60. The minimum Gasteiger partial charge on any atom is -0.330 e. The average Bonchev–Trinajstić information content (AvgIpc) is 2.97. The number of carbonyl (C=O) groups excluding carboxylic acids is 1. The molecular weight excluding hydrogens is 304 g/mol. The zero-order valence-corrected chi connectivity index (χ0v) is 13.8. The molecule has 0 aliphatic carbocycles. The zero-order valence-electron chi connectivity index (χ0n) is 12.2. The first-order valence-corrected chi connectivity index (χ1v) is 8.74. The summed E-state index contributed by atoms with van der Waals surface area (Å²) in [6.45, 7) is 3.98. The van der Waals surface area contributed by atoms with E-state index >= 15 is 0 Å². The lowest BCUT2D eigenvalue weighted by molar-refractivity contribution is 0.249. The first kappa shape index (κ1) is 15.8. The van der Waals surface area contributed by atoms with E-state index in [9.17, 15) is 4.79 Å². The molecule has 0 fully saturated rings. The second-order valence-electron chi connectivity index (χ2n) is 4.42. The summed E-state index contributed by atoms with van der Waals surface area (Å²) in [6.07, 6.45) is 4.63. The number of nitrogens with one attached hydrogen (secondary N) is 2. The fraction of sp³-hybridized carbons (Fsp3) is 0.357. The highest BCUT2D eigenvalue weighted by Gasteiger charge is 2.13. The molecule has 7 heteroatoms. The number of carbonyl (C=O) groups is 1. The summed E-state index contributed by atoms with van der Waals surface area (Å²) in [4.78, 5) is 21.6. The Kier molecular flexibility index (Phi) is 5.58. The second kappa shape index (κ2) is 7.42. The molecule has 21 heavy (non-hydrogen) atoms. The lowest BCUT2D eigenvalue weighted by Crippen LogP contribution is -2.31. The number of rotatable bonds is 5. The minimum absolute atomic E-state index is 0.132. The van der Waals surface area contributed by atoms with Gasteiger partial charge in [0.15, 0.2) is 0 Å². The van der Waals surface area contributed by atoms with E-state index in [0.29, 0.717) is 5.82 Å². The molecule has 2 aromatic heterocycles. The van der Waals surface area contributed by atoms with E-state index in [1.807, 2.05) is 24.6 Å². The third-order valence-corrected chi connectivity index (χ3v) is 4.60. The van der Waals surface area contributed by atoms with Gasteiger partial charge in [-0.05, 0) is 31.7 Å². The highest BCUT2D eigenvalue weighted by Crippen LogP contribution is 2.17. The maximum atomic E-state index is 11.9. The Morgan fingerprint density at radius 1 is 1.48 bits per heavy atom. The topological polar surface area (TPSA) is 66.9 Å². The molecule has 0 radical (unpaired) electrons. The maximum absolute atomic E-state index is 11.9. The lowest BCUT2D eigenvalue weighted by Gasteiger charge is -2.12. The van der Waals surface area contributed by atoms with E-state index in [2.05, 4.69) is 27.5 Å². The van der Waals surface area contributed by atoms with Gasteiger partial charge in [-0.25, -0.2) is 14.8 Å². The van der Waals surface area contributed by atoms with Crippen LogP contribution in [0.15, 0.2) is 28.6 Å². The van der Waals surface area contributed by atoms with Crippen molar-refractivity contribution in [1.82, 2.24) is 15.3 Å². The summed E-state index contributed by atoms with van der Waals surface area (Å²) in [5.74, 6) is 0.532. The molecular formula is C14H18N4OS2. The predicted octanol–water partition coefficient (Wildman–Crippen LogP) is 3.71. The van der Waals surface area contributed by atoms with E-state index in [1.54, 1.807) is 35.4 Å². The van der Waals surface area contributed by atoms with Crippen molar-refractivity contribution < 1.29 is 4.79 Å². The van der Waals surface area contributed by atoms with Gasteiger partial charge in [-0.1, -0.05) is 6.92 Å². The van der Waals surface area contributed by atoms with Crippen LogP contribution >= 0.6 is 23.1 Å². The molecule has 0 aliphatic rings. The van der Waals surface area contributed by atoms with Crippen LogP contribution in [0.4, 0.5) is 10.6 Å². The molecule has 0 aliphatic heterocycles. The van der Waals surface area contributed by atoms with Crippen molar-refractivity contribution in [1.29, 1.82) is 0 Å². The zero-order chi connectivity index (χ0) is 15.2. The molecule has 0 spiro atoms. The van der Waals surface area contributed by atoms with Crippen molar-refractivity contribution in [3.8, 4) is 0 Å². The molecule has 0 saturated heterocycles. The molecule has 2 heterocycles. The average molecular weight is 322 g/mol. The molecule has 0 saturated carbocycles. The van der Waals surface area contributed by atoms with Gasteiger partial charge >= 0.3 is 6.03 Å². The Bertz CT molecular complexity index is 597. The van der Waals surface area contributed by atoms with Crippen LogP contribution in [0.5, 0.6) is 0 Å². The van der Waals surface area contributed by atoms with Crippen LogP contribution in [0.2, 0.25) is 0 Å². The molecule has 112 valence electrons. The van der Waals surface area contributed by atoms with E-state index in [4.69, 9.17) is 0 Å². The molecule has 2 aromatic rings. The van der Waals surface area contributed by atoms with Crippen LogP contribution < -0.4 is 10.6 Å². The van der Waals surface area contributed by atoms with Gasteiger partial charge in [0.05, 0.1) is 16.7 Å². The molecule has 1 atom stereocenters. The highest BCUT2D eigenvalue weighted by atomic mass is 32.2. The van der Waals surface area contributed by atoms with Crippen LogP contribution in [0.3, 0.4) is 0 Å². The molecule has 2 rings (SSSR count). The summed E-state index contributed by atoms with van der Waals surface area (Å²) >= 11 is 3.23. The number of nitrogens with zero attached hydrogens (tertiary/aromatic N) is 2. The van der Waals surface area contributed by atoms with Crippen LogP contribution in [-0.2, 0) is 6.42 Å². The molecule has 2 amide bonds. The monoisotopic (exact) mass is 322 g/mol. The predicted molar refractivity (Wildman–Crippen MR) is 88.1 cm³/mol. The fourth-order valence-electron chi connectivity index (χ4n) is 1.68. The largest absolute Gasteiger partial charge is 0.330 e. The van der Waals surface area contributed by atoms with Crippen molar-refractivity contribution in [3.63, 3.8) is 0 Å². The number of aryl methyl sites for hydroxylation is 1. The third-order valence-electron chi connectivity index (χ3n) is 2.88. The Labute approximate surface area is 132 Å². The van der Waals surface area contributed by atoms with Crippen molar-refractivity contribution in [2.75, 3.05) is 11.6 Å². The molecule has 0 aromatic carbocycles. The summed E-state index contributed by atoms with van der Waals surface area (Å²) in [5.41, 5.74) is 0.887. The van der Waals surface area contributed by atoms with Gasteiger partial charge in [-0.15, -0.1) is 23.1 Å². The van der Waals surface area contributed by atoms with Crippen LogP contribution in [0, 0.1) is 0 Å². The normalized spacial score (nSPS) is 12.0. The van der Waals surface area contributed by atoms with Crippen molar-refractivity contribution in [2.45, 2.75) is 31.2 Å². The van der Waals surface area contributed by atoms with Crippen LogP contribution in [-0.4, -0.2) is 22.3 Å². The van der Waals surface area contributed by atoms with Gasteiger partial charge in [0.25, 0.3) is 0 Å². The van der Waals surface area contributed by atoms with E-state index < -0.39 is 0 Å². The van der Waals surface area contributed by atoms with Gasteiger partial charge in [0.1, 0.15) is 5.82 Å². The standard InChI is InChI=1S/C14H18N4OS2/c1-4-13-17-11(8-21-13)9(2)16-14(19)18-12-6-5-10(20-3)7-15-12/h5-9H,4H2,1-3H3,(H2,15,16,18,19)/t9-/m0/s1. The number of pyridine rings is 1. The summed E-state index contributed by atoms with van der Waals surface area (Å²) in [6, 6.07) is 3.30. The second-order valence-corrected chi connectivity index (χ2v) is 6.25. The summed E-state index contributed by atoms with van der Waals surface area (Å²) in [5, 5.41) is 8.64.